The predicted octanol–water partition coefficient (Wildman–Crippen LogP) is 15.4. The summed E-state index contributed by atoms with van der Waals surface area (Å²) in [6.07, 6.45) is 46.1. The molecule has 3 N–H and O–H groups in total. The third-order valence-electron chi connectivity index (χ3n) is 32.3. The zero-order chi connectivity index (χ0) is 56.8. The summed E-state index contributed by atoms with van der Waals surface area (Å²) in [6, 6.07) is 7.56. The number of piperidine rings is 2. The molecule has 0 radical (unpaired) electrons. The second-order valence-electron chi connectivity index (χ2n) is 34.1. The number of hydrogen-bond donors (Lipinski definition) is 2. The van der Waals surface area contributed by atoms with Gasteiger partial charge in [-0.25, -0.2) is 4.79 Å². The molecule has 8 saturated carbocycles. The Morgan fingerprint density at radius 2 is 1.56 bits per heavy atom. The van der Waals surface area contributed by atoms with E-state index in [0.717, 1.165) is 62.2 Å². The fourth-order valence-corrected chi connectivity index (χ4v) is 30.1. The first-order valence-corrected chi connectivity index (χ1v) is 37.0. The van der Waals surface area contributed by atoms with Crippen molar-refractivity contribution in [2.24, 2.45) is 116 Å². The second-order valence-corrected chi connectivity index (χ2v) is 34.1. The number of nitrogens with zero attached hydrogens (tertiary/aromatic N) is 2. The van der Waals surface area contributed by atoms with Gasteiger partial charge in [-0.3, -0.25) is 9.69 Å². The molecule has 1 aromatic rings. The van der Waals surface area contributed by atoms with E-state index in [2.05, 4.69) is 52.0 Å². The van der Waals surface area contributed by atoms with Crippen LogP contribution >= 0.6 is 0 Å². The van der Waals surface area contributed by atoms with Gasteiger partial charge >= 0.3 is 11.9 Å². The molecule has 20 rings (SSSR count). The van der Waals surface area contributed by atoms with Gasteiger partial charge in [0.2, 0.25) is 0 Å². The third kappa shape index (κ3) is 6.18. The van der Waals surface area contributed by atoms with Crippen LogP contribution in [-0.4, -0.2) is 64.6 Å². The number of benzene rings is 1. The molecule has 456 valence electrons. The highest BCUT2D eigenvalue weighted by Crippen LogP contribution is 2.89. The minimum absolute atomic E-state index is 0.0997. The van der Waals surface area contributed by atoms with Crippen molar-refractivity contribution in [3.05, 3.63) is 81.0 Å². The van der Waals surface area contributed by atoms with Gasteiger partial charge < -0.3 is 25.2 Å². The first kappa shape index (κ1) is 52.9. The lowest BCUT2D eigenvalue weighted by atomic mass is 9.27. The van der Waals surface area contributed by atoms with Crippen LogP contribution in [-0.2, 0) is 26.3 Å². The molecule has 0 amide bonds. The van der Waals surface area contributed by atoms with E-state index in [4.69, 9.17) is 15.2 Å². The van der Waals surface area contributed by atoms with Crippen molar-refractivity contribution in [2.75, 3.05) is 19.6 Å². The first-order chi connectivity index (χ1) is 42.2. The van der Waals surface area contributed by atoms with Gasteiger partial charge in [0.25, 0.3) is 0 Å². The van der Waals surface area contributed by atoms with Crippen LogP contribution in [0.25, 0.3) is 0 Å². The van der Waals surface area contributed by atoms with Crippen molar-refractivity contribution in [1.29, 1.82) is 0 Å². The number of rotatable bonds is 5. The highest BCUT2D eigenvalue weighted by Gasteiger charge is 2.94. The van der Waals surface area contributed by atoms with Crippen LogP contribution in [0.3, 0.4) is 0 Å². The maximum Gasteiger partial charge on any atom is 0.339 e. The lowest BCUT2D eigenvalue weighted by Crippen LogP contribution is -2.78. The van der Waals surface area contributed by atoms with Gasteiger partial charge in [0.05, 0.1) is 11.0 Å². The second kappa shape index (κ2) is 18.5. The van der Waals surface area contributed by atoms with Crippen LogP contribution in [0.5, 0.6) is 0 Å². The lowest BCUT2D eigenvalue weighted by molar-refractivity contribution is -0.282. The number of nitrogens with two attached hydrogens (primary N) is 1. The van der Waals surface area contributed by atoms with Gasteiger partial charge in [-0.05, 0) is 233 Å². The smallest absolute Gasteiger partial charge is 0.339 e. The van der Waals surface area contributed by atoms with E-state index in [0.29, 0.717) is 119 Å². The summed E-state index contributed by atoms with van der Waals surface area (Å²) in [7, 11) is 0. The Hall–Kier alpha value is -3.80. The van der Waals surface area contributed by atoms with Crippen molar-refractivity contribution in [2.45, 2.75) is 242 Å². The Bertz CT molecular complexity index is 3300. The fraction of sp³-hybridized carbons (Fsp3) is 0.769. The Morgan fingerprint density at radius 3 is 2.41 bits per heavy atom. The van der Waals surface area contributed by atoms with Gasteiger partial charge in [-0.2, -0.15) is 0 Å². The maximum absolute atomic E-state index is 17.2. The highest BCUT2D eigenvalue weighted by atomic mass is 16.6. The number of fused-ring (bicyclic) bond motifs is 7. The number of carbonyl (C=O) groups excluding carboxylic acids is 2. The largest absolute Gasteiger partial charge is 0.509 e. The van der Waals surface area contributed by atoms with Crippen LogP contribution < -0.4 is 5.73 Å². The fourth-order valence-electron chi connectivity index (χ4n) is 30.1. The Kier molecular flexibility index (Phi) is 11.4. The summed E-state index contributed by atoms with van der Waals surface area (Å²) in [5.74, 6) is 15.3. The molecule has 86 heavy (non-hydrogen) atoms. The Morgan fingerprint density at radius 1 is 0.721 bits per heavy atom. The monoisotopic (exact) mass is 1160 g/mol. The summed E-state index contributed by atoms with van der Waals surface area (Å²) >= 11 is 0. The van der Waals surface area contributed by atoms with Gasteiger partial charge in [0.1, 0.15) is 11.2 Å². The van der Waals surface area contributed by atoms with Crippen LogP contribution in [0.15, 0.2) is 64.3 Å². The zero-order valence-electron chi connectivity index (χ0n) is 51.9. The predicted molar refractivity (Wildman–Crippen MR) is 331 cm³/mol. The van der Waals surface area contributed by atoms with E-state index in [-0.39, 0.29) is 47.1 Å². The maximum atomic E-state index is 17.2. The summed E-state index contributed by atoms with van der Waals surface area (Å²) in [4.78, 5) is 39.3. The molecule has 0 aromatic heterocycles. The van der Waals surface area contributed by atoms with Crippen molar-refractivity contribution < 1.29 is 24.2 Å². The minimum Gasteiger partial charge on any atom is -0.509 e. The van der Waals surface area contributed by atoms with Gasteiger partial charge in [-0.15, -0.1) is 5.92 Å². The van der Waals surface area contributed by atoms with Crippen LogP contribution in [0, 0.1) is 122 Å². The molecule has 7 aliphatic heterocycles. The third-order valence-corrected chi connectivity index (χ3v) is 32.3. The molecule has 1 aromatic carbocycles. The average molecular weight is 1160 g/mol. The standard InChI is InChI=1S/C78H99N3O5/c79-35-12-19-47-18-9-22-60-65(47)71(83)86-78(60)64-39-48(45-14-3-1-4-15-45)24-25-49-37-57-56(46-16-5-2-6-17-46)38-51-36-50-26-27-54-58-43-81-68(50)59(54)44-80-61(58)23-10-20-53-21-11-31-74(53)32-13-33-75(74)42-52(41-73(75)29-7-8-30-73)62(80)40-63(82)70-76(78)34-28-55(66(57)69(51)81)67(49)77(64,76)72(84)85-70/h9,18,22,24-25,45-46,48-50,52-54,56-59,61-62,64,66,68,82H,1-8,11-17,19,21,23,26-44,79H2/b25-24-,70-63+/t48-,49-,50-,52-,53+,54-,56-,57-,58-,59-,61+,62+,64+,66+,68+,74+,75-,76-,77-,78-/m1/s1. The molecule has 19 aliphatic rings. The molecule has 11 fully saturated rings. The van der Waals surface area contributed by atoms with Gasteiger partial charge in [0, 0.05) is 73.1 Å². The number of aliphatic hydroxyl groups excluding tert-OH is 1. The molecule has 20 atom stereocenters. The molecular weight excluding hydrogens is 1060 g/mol. The molecule has 11 bridgehead atoms. The number of ether oxygens (including phenoxy) is 2. The van der Waals surface area contributed by atoms with E-state index < -0.39 is 16.4 Å². The number of allylic oxidation sites excluding steroid dienone is 4. The number of carbonyl (C=O) groups is 2. The van der Waals surface area contributed by atoms with E-state index >= 15 is 9.59 Å². The Labute approximate surface area is 513 Å². The van der Waals surface area contributed by atoms with Crippen molar-refractivity contribution in [3.63, 3.8) is 0 Å². The molecule has 8 heteroatoms. The molecule has 0 unspecified atom stereocenters. The van der Waals surface area contributed by atoms with Crippen molar-refractivity contribution in [3.8, 4) is 11.8 Å². The number of aliphatic hydroxyl groups is 1. The highest BCUT2D eigenvalue weighted by molar-refractivity contribution is 6.00. The lowest BCUT2D eigenvalue weighted by Gasteiger charge is -2.73. The summed E-state index contributed by atoms with van der Waals surface area (Å²) in [5, 5.41) is 14.5. The first-order valence-electron chi connectivity index (χ1n) is 37.0. The molecule has 6 spiro atoms. The number of aryl methyl sites for hydroxylation is 1. The van der Waals surface area contributed by atoms with E-state index in [1.165, 1.54) is 173 Å². The van der Waals surface area contributed by atoms with Gasteiger partial charge in [0.15, 0.2) is 11.4 Å². The van der Waals surface area contributed by atoms with Crippen LogP contribution in [0.4, 0.5) is 0 Å². The van der Waals surface area contributed by atoms with Crippen molar-refractivity contribution in [1.82, 2.24) is 9.80 Å². The topological polar surface area (TPSA) is 105 Å². The average Bonchev–Trinajstić information content (AvgIpc) is 1.31. The van der Waals surface area contributed by atoms with E-state index in [9.17, 15) is 5.11 Å². The SMILES string of the molecule is NCCCc1cccc2c1C(=O)O[C@@]21[C@H]2C[C@H](C3CCCCC3)/C=C\[C@@H]3C[C@H]4[C@@H]5C6=C3[C@@]23C(=O)O/C(=C(/O)C[C@H]2[C@@H]7CC8(CCCC8)[C@@]8(CCC[C@]89CCC[C@@H]9C#CC[C@H]8[C@@H]9CN%10C5=C(C[C@H]5CC[C@H]9[C@@H](CN28)[C@H]5%10)C[C@@H]4C2CCCCC2)C7)[C@]31CC6. The zero-order valence-corrected chi connectivity index (χ0v) is 51.9. The van der Waals surface area contributed by atoms with Crippen LogP contribution in [0.1, 0.15) is 233 Å². The summed E-state index contributed by atoms with van der Waals surface area (Å²) in [5.41, 5.74) is 13.2. The molecule has 3 saturated heterocycles. The van der Waals surface area contributed by atoms with Gasteiger partial charge in [-0.1, -0.05) is 119 Å². The van der Waals surface area contributed by atoms with E-state index in [1.807, 2.05) is 5.57 Å². The number of esters is 2. The quantitative estimate of drug-likeness (QED) is 0.171. The minimum atomic E-state index is -1.16. The Balaban J connectivity index is 0.867. The molecule has 12 aliphatic carbocycles. The summed E-state index contributed by atoms with van der Waals surface area (Å²) < 4.78 is 15.2. The number of hydrogen-bond acceptors (Lipinski definition) is 8. The normalized spacial score (nSPS) is 49.8. The molecule has 8 nitrogen and oxygen atoms in total. The van der Waals surface area contributed by atoms with Crippen LogP contribution in [0.2, 0.25) is 0 Å². The van der Waals surface area contributed by atoms with Crippen molar-refractivity contribution >= 4 is 11.9 Å². The molecular formula is C78H99N3O5. The molecule has 7 heterocycles. The summed E-state index contributed by atoms with van der Waals surface area (Å²) in [6.45, 7) is 2.81. The van der Waals surface area contributed by atoms with E-state index in [1.54, 1.807) is 11.3 Å².